The van der Waals surface area contributed by atoms with E-state index in [-0.39, 0.29) is 24.8 Å². The van der Waals surface area contributed by atoms with Gasteiger partial charge >= 0.3 is 0 Å². The predicted octanol–water partition coefficient (Wildman–Crippen LogP) is 4.30. The lowest BCUT2D eigenvalue weighted by molar-refractivity contribution is 0.127. The number of nitrogens with one attached hydrogen (secondary N) is 1. The number of rotatable bonds is 6. The number of hydrogen-bond acceptors (Lipinski definition) is 4. The van der Waals surface area contributed by atoms with Crippen LogP contribution in [0.2, 0.25) is 0 Å². The van der Waals surface area contributed by atoms with E-state index in [1.807, 2.05) is 6.07 Å². The number of nitrogens with zero attached hydrogens (tertiary/aromatic N) is 1. The minimum atomic E-state index is 0. The van der Waals surface area contributed by atoms with Gasteiger partial charge < -0.3 is 14.8 Å². The van der Waals surface area contributed by atoms with Gasteiger partial charge in [-0.3, -0.25) is 4.90 Å². The van der Waals surface area contributed by atoms with E-state index < -0.39 is 0 Å². The largest absolute Gasteiger partial charge is 0.493 e. The molecular weight excluding hydrogens is 415 g/mol. The quantitative estimate of drug-likeness (QED) is 0.710. The van der Waals surface area contributed by atoms with E-state index in [0.717, 1.165) is 48.6 Å². The van der Waals surface area contributed by atoms with E-state index in [0.29, 0.717) is 12.0 Å². The minimum absolute atomic E-state index is 0. The monoisotopic (exact) mass is 442 g/mol. The van der Waals surface area contributed by atoms with Gasteiger partial charge in [0.25, 0.3) is 0 Å². The summed E-state index contributed by atoms with van der Waals surface area (Å²) in [5, 5.41) is 3.44. The highest BCUT2D eigenvalue weighted by Crippen LogP contribution is 2.41. The second-order valence-electron chi connectivity index (χ2n) is 5.85. The molecule has 1 fully saturated rings. The van der Waals surface area contributed by atoms with Crippen LogP contribution in [-0.2, 0) is 0 Å². The van der Waals surface area contributed by atoms with Crippen molar-refractivity contribution in [2.75, 3.05) is 40.4 Å². The van der Waals surface area contributed by atoms with Crippen LogP contribution in [0.4, 0.5) is 0 Å². The van der Waals surface area contributed by atoms with Crippen molar-refractivity contribution in [3.8, 4) is 11.5 Å². The number of halogens is 3. The predicted molar refractivity (Wildman–Crippen MR) is 108 cm³/mol. The van der Waals surface area contributed by atoms with Gasteiger partial charge in [-0.05, 0) is 23.6 Å². The Hall–Kier alpha value is -0.200. The van der Waals surface area contributed by atoms with Crippen molar-refractivity contribution in [3.63, 3.8) is 0 Å². The summed E-state index contributed by atoms with van der Waals surface area (Å²) in [5.74, 6) is 2.14. The van der Waals surface area contributed by atoms with E-state index in [4.69, 9.17) is 9.47 Å². The maximum atomic E-state index is 5.51. The Labute approximate surface area is 166 Å². The van der Waals surface area contributed by atoms with E-state index in [1.165, 1.54) is 5.56 Å². The summed E-state index contributed by atoms with van der Waals surface area (Å²) in [5.41, 5.74) is 1.29. The van der Waals surface area contributed by atoms with Gasteiger partial charge in [-0.1, -0.05) is 36.2 Å². The van der Waals surface area contributed by atoms with Crippen molar-refractivity contribution in [2.45, 2.75) is 26.3 Å². The summed E-state index contributed by atoms with van der Waals surface area (Å²) in [4.78, 5) is 2.58. The first kappa shape index (κ1) is 23.8. The van der Waals surface area contributed by atoms with E-state index in [2.05, 4.69) is 46.1 Å². The Bertz CT molecular complexity index is 500. The highest BCUT2D eigenvalue weighted by atomic mass is 79.9. The topological polar surface area (TPSA) is 33.7 Å². The molecular formula is C17H29BrCl2N2O2. The molecule has 2 atom stereocenters. The summed E-state index contributed by atoms with van der Waals surface area (Å²) in [6.07, 6.45) is 1.15. The summed E-state index contributed by atoms with van der Waals surface area (Å²) in [6, 6.07) is 4.54. The highest BCUT2D eigenvalue weighted by Gasteiger charge is 2.29. The molecule has 140 valence electrons. The third kappa shape index (κ3) is 5.40. The fourth-order valence-electron chi connectivity index (χ4n) is 3.14. The van der Waals surface area contributed by atoms with Crippen LogP contribution in [0.1, 0.15) is 31.9 Å². The normalized spacial score (nSPS) is 17.2. The highest BCUT2D eigenvalue weighted by molar-refractivity contribution is 9.10. The number of piperazine rings is 1. The molecule has 0 spiro atoms. The lowest BCUT2D eigenvalue weighted by Crippen LogP contribution is -2.46. The Morgan fingerprint density at radius 1 is 1.12 bits per heavy atom. The minimum Gasteiger partial charge on any atom is -0.493 e. The molecule has 0 saturated carbocycles. The maximum Gasteiger partial charge on any atom is 0.161 e. The van der Waals surface area contributed by atoms with Crippen molar-refractivity contribution in [1.29, 1.82) is 0 Å². The Morgan fingerprint density at radius 3 is 2.17 bits per heavy atom. The number of hydrogen-bond donors (Lipinski definition) is 1. The zero-order valence-electron chi connectivity index (χ0n) is 14.8. The first-order chi connectivity index (χ1) is 10.6. The third-order valence-corrected chi connectivity index (χ3v) is 5.24. The van der Waals surface area contributed by atoms with E-state index in [9.17, 15) is 0 Å². The van der Waals surface area contributed by atoms with Gasteiger partial charge in [0.05, 0.1) is 14.2 Å². The van der Waals surface area contributed by atoms with Crippen LogP contribution in [0.15, 0.2) is 16.6 Å². The van der Waals surface area contributed by atoms with Crippen molar-refractivity contribution in [3.05, 3.63) is 22.2 Å². The molecule has 1 saturated heterocycles. The van der Waals surface area contributed by atoms with Crippen molar-refractivity contribution in [2.24, 2.45) is 5.92 Å². The SMILES string of the molecule is CCC(C)[C@@H](c1cc(OC)c(OC)cc1Br)N1CCNCC1.Cl.Cl. The third-order valence-electron chi connectivity index (χ3n) is 4.55. The molecule has 1 aliphatic heterocycles. The van der Waals surface area contributed by atoms with Crippen LogP contribution in [0.25, 0.3) is 0 Å². The summed E-state index contributed by atoms with van der Waals surface area (Å²) >= 11 is 3.74. The smallest absolute Gasteiger partial charge is 0.161 e. The molecule has 0 amide bonds. The molecule has 0 radical (unpaired) electrons. The lowest BCUT2D eigenvalue weighted by Gasteiger charge is -2.39. The average molecular weight is 444 g/mol. The van der Waals surface area contributed by atoms with Gasteiger partial charge in [0.1, 0.15) is 0 Å². The fraction of sp³-hybridized carbons (Fsp3) is 0.647. The van der Waals surface area contributed by atoms with Crippen molar-refractivity contribution < 1.29 is 9.47 Å². The van der Waals surface area contributed by atoms with Gasteiger partial charge in [-0.15, -0.1) is 24.8 Å². The molecule has 4 nitrogen and oxygen atoms in total. The Balaban J connectivity index is 0.00000264. The molecule has 7 heteroatoms. The molecule has 1 unspecified atom stereocenters. The van der Waals surface area contributed by atoms with Crippen LogP contribution in [0, 0.1) is 5.92 Å². The van der Waals surface area contributed by atoms with Crippen molar-refractivity contribution in [1.82, 2.24) is 10.2 Å². The molecule has 1 heterocycles. The summed E-state index contributed by atoms with van der Waals surface area (Å²) in [6.45, 7) is 8.85. The first-order valence-corrected chi connectivity index (χ1v) is 8.77. The van der Waals surface area contributed by atoms with Gasteiger partial charge in [-0.25, -0.2) is 0 Å². The zero-order valence-corrected chi connectivity index (χ0v) is 18.0. The average Bonchev–Trinajstić information content (AvgIpc) is 2.56. The van der Waals surface area contributed by atoms with Crippen LogP contribution >= 0.6 is 40.7 Å². The molecule has 1 aromatic rings. The van der Waals surface area contributed by atoms with Crippen molar-refractivity contribution >= 4 is 40.7 Å². The molecule has 24 heavy (non-hydrogen) atoms. The van der Waals surface area contributed by atoms with Crippen LogP contribution < -0.4 is 14.8 Å². The van der Waals surface area contributed by atoms with Gasteiger partial charge in [0.2, 0.25) is 0 Å². The standard InChI is InChI=1S/C17H27BrN2O2.2ClH/c1-5-12(2)17(20-8-6-19-7-9-20)13-10-15(21-3)16(22-4)11-14(13)18;;/h10-12,17,19H,5-9H2,1-4H3;2*1H/t12?,17-;;/m0../s1. The molecule has 0 bridgehead atoms. The summed E-state index contributed by atoms with van der Waals surface area (Å²) < 4.78 is 12.0. The molecule has 0 aromatic heterocycles. The van der Waals surface area contributed by atoms with E-state index in [1.54, 1.807) is 14.2 Å². The Morgan fingerprint density at radius 2 is 1.67 bits per heavy atom. The number of benzene rings is 1. The lowest BCUT2D eigenvalue weighted by atomic mass is 9.90. The second kappa shape index (κ2) is 11.4. The zero-order chi connectivity index (χ0) is 16.1. The number of ether oxygens (including phenoxy) is 2. The number of methoxy groups -OCH3 is 2. The van der Waals surface area contributed by atoms with Gasteiger partial charge in [0.15, 0.2) is 11.5 Å². The van der Waals surface area contributed by atoms with E-state index >= 15 is 0 Å². The van der Waals surface area contributed by atoms with Crippen LogP contribution in [0.3, 0.4) is 0 Å². The Kier molecular flexibility index (Phi) is 11.3. The molecule has 1 aromatic carbocycles. The maximum absolute atomic E-state index is 5.51. The second-order valence-corrected chi connectivity index (χ2v) is 6.70. The van der Waals surface area contributed by atoms with Gasteiger partial charge in [-0.2, -0.15) is 0 Å². The summed E-state index contributed by atoms with van der Waals surface area (Å²) in [7, 11) is 3.37. The van der Waals surface area contributed by atoms with Crippen LogP contribution in [0.5, 0.6) is 11.5 Å². The molecule has 2 rings (SSSR count). The molecule has 1 N–H and O–H groups in total. The molecule has 0 aliphatic carbocycles. The fourth-order valence-corrected chi connectivity index (χ4v) is 3.70. The molecule has 1 aliphatic rings. The van der Waals surface area contributed by atoms with Gasteiger partial charge in [0, 0.05) is 36.7 Å². The van der Waals surface area contributed by atoms with Crippen LogP contribution in [-0.4, -0.2) is 45.3 Å². The first-order valence-electron chi connectivity index (χ1n) is 7.98.